The molecule has 2 aromatic rings. The minimum atomic E-state index is -0.574. The first-order chi connectivity index (χ1) is 17.7. The maximum Gasteiger partial charge on any atom is 0.344 e. The molecule has 0 bridgehead atoms. The van der Waals surface area contributed by atoms with Gasteiger partial charge in [-0.05, 0) is 88.4 Å². The second kappa shape index (κ2) is 13.3. The van der Waals surface area contributed by atoms with E-state index < -0.39 is 11.6 Å². The van der Waals surface area contributed by atoms with Gasteiger partial charge in [-0.3, -0.25) is 4.79 Å². The van der Waals surface area contributed by atoms with E-state index in [1.807, 2.05) is 57.2 Å². The van der Waals surface area contributed by atoms with E-state index in [2.05, 4.69) is 10.6 Å². The van der Waals surface area contributed by atoms with Gasteiger partial charge in [-0.25, -0.2) is 4.79 Å². The smallest absolute Gasteiger partial charge is 0.344 e. The minimum absolute atomic E-state index is 0.00270. The van der Waals surface area contributed by atoms with Crippen molar-refractivity contribution in [1.82, 2.24) is 10.6 Å². The molecule has 0 saturated carbocycles. The lowest BCUT2D eigenvalue weighted by atomic mass is 9.97. The van der Waals surface area contributed by atoms with E-state index in [0.29, 0.717) is 30.1 Å². The number of amides is 1. The number of carbonyl (C=O) groups is 2. The Kier molecular flexibility index (Phi) is 10.2. The average Bonchev–Trinajstić information content (AvgIpc) is 2.89. The normalized spacial score (nSPS) is 16.4. The SMILES string of the molecule is COc1ccc(CCC(NC(=O)[C@@H]2CCCCN2)c2cccc(OCC(=O)OC(C)(C)C)c2)cc1OC. The molecule has 1 saturated heterocycles. The van der Waals surface area contributed by atoms with Gasteiger partial charge in [-0.2, -0.15) is 0 Å². The van der Waals surface area contributed by atoms with Gasteiger partial charge in [0.15, 0.2) is 18.1 Å². The number of piperidine rings is 1. The van der Waals surface area contributed by atoms with Crippen LogP contribution in [0.2, 0.25) is 0 Å². The Hall–Kier alpha value is -3.26. The monoisotopic (exact) mass is 512 g/mol. The standard InChI is InChI=1S/C29H40N2O6/c1-29(2,3)37-27(32)19-36-22-10-8-9-21(18-22)23(31-28(33)24-11-6-7-16-30-24)14-12-20-13-15-25(34-4)26(17-20)35-5/h8-10,13,15,17-18,23-24,30H,6-7,11-12,14,16,19H2,1-5H3,(H,31,33)/t23?,24-/m0/s1. The second-order valence-corrected chi connectivity index (χ2v) is 10.2. The van der Waals surface area contributed by atoms with Gasteiger partial charge in [0, 0.05) is 0 Å². The van der Waals surface area contributed by atoms with Crippen molar-refractivity contribution in [1.29, 1.82) is 0 Å². The number of rotatable bonds is 11. The average molecular weight is 513 g/mol. The van der Waals surface area contributed by atoms with Crippen LogP contribution in [-0.4, -0.2) is 50.9 Å². The molecule has 1 fully saturated rings. The van der Waals surface area contributed by atoms with Crippen LogP contribution in [0.15, 0.2) is 42.5 Å². The van der Waals surface area contributed by atoms with E-state index in [1.165, 1.54) is 0 Å². The molecule has 37 heavy (non-hydrogen) atoms. The molecule has 8 nitrogen and oxygen atoms in total. The molecule has 0 radical (unpaired) electrons. The van der Waals surface area contributed by atoms with Crippen LogP contribution in [-0.2, 0) is 20.7 Å². The first kappa shape index (κ1) is 28.3. The predicted molar refractivity (Wildman–Crippen MR) is 142 cm³/mol. The van der Waals surface area contributed by atoms with Gasteiger partial charge in [0.25, 0.3) is 0 Å². The van der Waals surface area contributed by atoms with Crippen molar-refractivity contribution in [3.63, 3.8) is 0 Å². The number of aryl methyl sites for hydroxylation is 1. The Labute approximate surface area is 220 Å². The highest BCUT2D eigenvalue weighted by Gasteiger charge is 2.24. The van der Waals surface area contributed by atoms with Crippen LogP contribution in [0.4, 0.5) is 0 Å². The van der Waals surface area contributed by atoms with E-state index in [-0.39, 0.29) is 24.6 Å². The van der Waals surface area contributed by atoms with E-state index in [9.17, 15) is 9.59 Å². The van der Waals surface area contributed by atoms with Crippen LogP contribution >= 0.6 is 0 Å². The van der Waals surface area contributed by atoms with Crippen LogP contribution < -0.4 is 24.8 Å². The fraction of sp³-hybridized carbons (Fsp3) is 0.517. The summed E-state index contributed by atoms with van der Waals surface area (Å²) in [5.74, 6) is 1.46. The number of ether oxygens (including phenoxy) is 4. The molecule has 0 aliphatic carbocycles. The molecule has 1 heterocycles. The third-order valence-corrected chi connectivity index (χ3v) is 6.15. The van der Waals surface area contributed by atoms with Crippen LogP contribution in [0.3, 0.4) is 0 Å². The van der Waals surface area contributed by atoms with Gasteiger partial charge in [-0.1, -0.05) is 24.6 Å². The zero-order chi connectivity index (χ0) is 26.8. The maximum absolute atomic E-state index is 13.1. The quantitative estimate of drug-likeness (QED) is 0.432. The summed E-state index contributed by atoms with van der Waals surface area (Å²) < 4.78 is 21.8. The number of esters is 1. The lowest BCUT2D eigenvalue weighted by Gasteiger charge is -2.26. The van der Waals surface area contributed by atoms with Crippen LogP contribution in [0, 0.1) is 0 Å². The maximum atomic E-state index is 13.1. The molecule has 0 spiro atoms. The summed E-state index contributed by atoms with van der Waals surface area (Å²) in [6, 6.07) is 12.9. The highest BCUT2D eigenvalue weighted by Crippen LogP contribution is 2.30. The molecular formula is C29H40N2O6. The van der Waals surface area contributed by atoms with Gasteiger partial charge in [0.2, 0.25) is 5.91 Å². The second-order valence-electron chi connectivity index (χ2n) is 10.2. The highest BCUT2D eigenvalue weighted by molar-refractivity contribution is 5.82. The van der Waals surface area contributed by atoms with Crippen LogP contribution in [0.25, 0.3) is 0 Å². The van der Waals surface area contributed by atoms with Crippen molar-refractivity contribution < 1.29 is 28.5 Å². The zero-order valence-electron chi connectivity index (χ0n) is 22.6. The van der Waals surface area contributed by atoms with Gasteiger partial charge >= 0.3 is 5.97 Å². The Balaban J connectivity index is 1.74. The summed E-state index contributed by atoms with van der Waals surface area (Å²) >= 11 is 0. The van der Waals surface area contributed by atoms with Crippen molar-refractivity contribution in [3.05, 3.63) is 53.6 Å². The lowest BCUT2D eigenvalue weighted by molar-refractivity contribution is -0.157. The van der Waals surface area contributed by atoms with E-state index in [0.717, 1.165) is 36.9 Å². The molecule has 2 aromatic carbocycles. The van der Waals surface area contributed by atoms with E-state index in [1.54, 1.807) is 20.3 Å². The number of hydrogen-bond acceptors (Lipinski definition) is 7. The molecule has 2 atom stereocenters. The first-order valence-electron chi connectivity index (χ1n) is 12.9. The summed E-state index contributed by atoms with van der Waals surface area (Å²) in [5, 5.41) is 6.56. The van der Waals surface area contributed by atoms with E-state index in [4.69, 9.17) is 18.9 Å². The molecule has 1 unspecified atom stereocenters. The van der Waals surface area contributed by atoms with Gasteiger partial charge < -0.3 is 29.6 Å². The third kappa shape index (κ3) is 8.97. The number of benzene rings is 2. The fourth-order valence-corrected chi connectivity index (χ4v) is 4.35. The van der Waals surface area contributed by atoms with E-state index >= 15 is 0 Å². The molecular weight excluding hydrogens is 472 g/mol. The van der Waals surface area contributed by atoms with Crippen molar-refractivity contribution in [2.75, 3.05) is 27.4 Å². The Morgan fingerprint density at radius 2 is 1.84 bits per heavy atom. The molecule has 202 valence electrons. The van der Waals surface area contributed by atoms with Crippen molar-refractivity contribution in [2.45, 2.75) is 70.6 Å². The van der Waals surface area contributed by atoms with Gasteiger partial charge in [0.05, 0.1) is 26.3 Å². The fourth-order valence-electron chi connectivity index (χ4n) is 4.35. The Morgan fingerprint density at radius 1 is 1.05 bits per heavy atom. The van der Waals surface area contributed by atoms with Crippen LogP contribution in [0.5, 0.6) is 17.2 Å². The number of methoxy groups -OCH3 is 2. The Morgan fingerprint density at radius 3 is 2.51 bits per heavy atom. The molecule has 1 aliphatic rings. The Bertz CT molecular complexity index is 1040. The summed E-state index contributed by atoms with van der Waals surface area (Å²) in [6.07, 6.45) is 4.34. The summed E-state index contributed by atoms with van der Waals surface area (Å²) in [4.78, 5) is 25.2. The first-order valence-corrected chi connectivity index (χ1v) is 12.9. The molecule has 8 heteroatoms. The summed E-state index contributed by atoms with van der Waals surface area (Å²) in [6.45, 7) is 6.12. The molecule has 3 rings (SSSR count). The molecule has 0 aromatic heterocycles. The minimum Gasteiger partial charge on any atom is -0.493 e. The zero-order valence-corrected chi connectivity index (χ0v) is 22.6. The number of hydrogen-bond donors (Lipinski definition) is 2. The molecule has 1 aliphatic heterocycles. The highest BCUT2D eigenvalue weighted by atomic mass is 16.6. The topological polar surface area (TPSA) is 95.1 Å². The lowest BCUT2D eigenvalue weighted by Crippen LogP contribution is -2.47. The number of nitrogens with one attached hydrogen (secondary N) is 2. The summed E-state index contributed by atoms with van der Waals surface area (Å²) in [7, 11) is 3.23. The van der Waals surface area contributed by atoms with Crippen LogP contribution in [0.1, 0.15) is 63.6 Å². The largest absolute Gasteiger partial charge is 0.493 e. The molecule has 2 N–H and O–H groups in total. The van der Waals surface area contributed by atoms with Crippen molar-refractivity contribution in [3.8, 4) is 17.2 Å². The third-order valence-electron chi connectivity index (χ3n) is 6.15. The van der Waals surface area contributed by atoms with Gasteiger partial charge in [0.1, 0.15) is 11.4 Å². The molecule has 1 amide bonds. The van der Waals surface area contributed by atoms with Gasteiger partial charge in [-0.15, -0.1) is 0 Å². The predicted octanol–water partition coefficient (Wildman–Crippen LogP) is 4.36. The van der Waals surface area contributed by atoms with Crippen molar-refractivity contribution in [2.24, 2.45) is 0 Å². The summed E-state index contributed by atoms with van der Waals surface area (Å²) in [5.41, 5.74) is 1.41. The number of carbonyl (C=O) groups excluding carboxylic acids is 2. The van der Waals surface area contributed by atoms with Crippen molar-refractivity contribution >= 4 is 11.9 Å².